The maximum Gasteiger partial charge on any atom is 0.253 e. The van der Waals surface area contributed by atoms with Gasteiger partial charge in [0.05, 0.1) is 29.7 Å². The molecule has 1 aliphatic rings. The van der Waals surface area contributed by atoms with Gasteiger partial charge in [-0.25, -0.2) is 9.37 Å². The first kappa shape index (κ1) is 23.2. The first-order chi connectivity index (χ1) is 16.4. The van der Waals surface area contributed by atoms with E-state index in [2.05, 4.69) is 25.9 Å². The SMILES string of the molecule is CNC(=O)c1cccc(F)c1Nc1nc(Nc2ccc3c(c2)N(C(C)=O)CCCO3)ncc1Cl. The van der Waals surface area contributed by atoms with Crippen molar-refractivity contribution in [2.75, 3.05) is 35.7 Å². The number of halogens is 2. The molecule has 2 amide bonds. The van der Waals surface area contributed by atoms with E-state index in [4.69, 9.17) is 16.3 Å². The van der Waals surface area contributed by atoms with E-state index < -0.39 is 11.7 Å². The molecular formula is C23H22ClFN6O3. The first-order valence-electron chi connectivity index (χ1n) is 10.5. The van der Waals surface area contributed by atoms with Gasteiger partial charge in [-0.05, 0) is 36.8 Å². The average Bonchev–Trinajstić information content (AvgIpc) is 3.04. The van der Waals surface area contributed by atoms with E-state index in [1.165, 1.54) is 38.4 Å². The molecule has 3 N–H and O–H groups in total. The lowest BCUT2D eigenvalue weighted by Gasteiger charge is -2.21. The minimum Gasteiger partial charge on any atom is -0.491 e. The number of carbonyl (C=O) groups is 2. The van der Waals surface area contributed by atoms with Crippen LogP contribution < -0.4 is 25.6 Å². The molecule has 0 aliphatic carbocycles. The second kappa shape index (κ2) is 9.92. The van der Waals surface area contributed by atoms with Crippen LogP contribution in [-0.4, -0.2) is 42.0 Å². The monoisotopic (exact) mass is 484 g/mol. The quantitative estimate of drug-likeness (QED) is 0.496. The van der Waals surface area contributed by atoms with Gasteiger partial charge in [-0.3, -0.25) is 9.59 Å². The molecule has 11 heteroatoms. The van der Waals surface area contributed by atoms with Crippen LogP contribution in [0.15, 0.2) is 42.6 Å². The van der Waals surface area contributed by atoms with Crippen LogP contribution in [0.2, 0.25) is 5.02 Å². The van der Waals surface area contributed by atoms with Gasteiger partial charge < -0.3 is 25.6 Å². The van der Waals surface area contributed by atoms with Gasteiger partial charge in [-0.2, -0.15) is 4.98 Å². The number of amides is 2. The largest absolute Gasteiger partial charge is 0.491 e. The van der Waals surface area contributed by atoms with Crippen molar-refractivity contribution in [1.29, 1.82) is 0 Å². The van der Waals surface area contributed by atoms with Gasteiger partial charge in [0, 0.05) is 26.2 Å². The number of rotatable bonds is 5. The zero-order valence-corrected chi connectivity index (χ0v) is 19.2. The summed E-state index contributed by atoms with van der Waals surface area (Å²) in [5.74, 6) is -0.298. The third-order valence-corrected chi connectivity index (χ3v) is 5.42. The van der Waals surface area contributed by atoms with Crippen LogP contribution in [-0.2, 0) is 4.79 Å². The molecule has 0 unspecified atom stereocenters. The Morgan fingerprint density at radius 1 is 1.21 bits per heavy atom. The Morgan fingerprint density at radius 2 is 2.03 bits per heavy atom. The predicted octanol–water partition coefficient (Wildman–Crippen LogP) is 4.25. The zero-order chi connectivity index (χ0) is 24.2. The van der Waals surface area contributed by atoms with Gasteiger partial charge in [0.2, 0.25) is 11.9 Å². The Balaban J connectivity index is 1.63. The molecule has 3 aromatic rings. The molecule has 0 atom stereocenters. The summed E-state index contributed by atoms with van der Waals surface area (Å²) in [6, 6.07) is 9.45. The van der Waals surface area contributed by atoms with Crippen LogP contribution in [0, 0.1) is 5.82 Å². The molecule has 1 aromatic heterocycles. The van der Waals surface area contributed by atoms with E-state index in [1.54, 1.807) is 23.1 Å². The van der Waals surface area contributed by atoms with Gasteiger partial charge in [0.15, 0.2) is 5.82 Å². The van der Waals surface area contributed by atoms with E-state index in [9.17, 15) is 14.0 Å². The fraction of sp³-hybridized carbons (Fsp3) is 0.217. The summed E-state index contributed by atoms with van der Waals surface area (Å²) < 4.78 is 20.3. The summed E-state index contributed by atoms with van der Waals surface area (Å²) in [4.78, 5) is 34.4. The fourth-order valence-electron chi connectivity index (χ4n) is 3.52. The van der Waals surface area contributed by atoms with Crippen LogP contribution >= 0.6 is 11.6 Å². The zero-order valence-electron chi connectivity index (χ0n) is 18.5. The number of hydrogen-bond donors (Lipinski definition) is 3. The molecule has 0 fully saturated rings. The second-order valence-corrected chi connectivity index (χ2v) is 7.84. The van der Waals surface area contributed by atoms with Crippen LogP contribution in [0.25, 0.3) is 0 Å². The number of ether oxygens (including phenoxy) is 1. The number of nitrogens with one attached hydrogen (secondary N) is 3. The molecule has 1 aliphatic heterocycles. The molecule has 9 nitrogen and oxygen atoms in total. The highest BCUT2D eigenvalue weighted by Gasteiger charge is 2.21. The van der Waals surface area contributed by atoms with Gasteiger partial charge in [-0.1, -0.05) is 17.7 Å². The molecule has 0 spiro atoms. The number of carbonyl (C=O) groups excluding carboxylic acids is 2. The second-order valence-electron chi connectivity index (χ2n) is 7.44. The highest BCUT2D eigenvalue weighted by molar-refractivity contribution is 6.33. The Hall–Kier alpha value is -3.92. The number of anilines is 5. The summed E-state index contributed by atoms with van der Waals surface area (Å²) in [7, 11) is 1.45. The number of benzene rings is 2. The lowest BCUT2D eigenvalue weighted by Crippen LogP contribution is -2.28. The standard InChI is InChI=1S/C23H22ClFN6O3/c1-13(32)31-9-4-10-34-19-8-7-14(11-18(19)31)28-23-27-12-16(24)21(30-23)29-20-15(22(33)26-2)5-3-6-17(20)25/h3,5-8,11-12H,4,9-10H2,1-2H3,(H,26,33)(H2,27,28,29,30). The van der Waals surface area contributed by atoms with Crippen molar-refractivity contribution in [3.8, 4) is 5.75 Å². The van der Waals surface area contributed by atoms with Gasteiger partial charge >= 0.3 is 0 Å². The highest BCUT2D eigenvalue weighted by Crippen LogP contribution is 2.35. The fourth-order valence-corrected chi connectivity index (χ4v) is 3.66. The molecule has 0 saturated heterocycles. The molecule has 0 bridgehead atoms. The third-order valence-electron chi connectivity index (χ3n) is 5.14. The van der Waals surface area contributed by atoms with E-state index in [0.717, 1.165) is 6.42 Å². The van der Waals surface area contributed by atoms with E-state index in [-0.39, 0.29) is 33.9 Å². The molecule has 2 heterocycles. The van der Waals surface area contributed by atoms with Gasteiger partial charge in [0.25, 0.3) is 5.91 Å². The van der Waals surface area contributed by atoms with Crippen LogP contribution in [0.1, 0.15) is 23.7 Å². The molecule has 4 rings (SSSR count). The maximum atomic E-state index is 14.5. The van der Waals surface area contributed by atoms with Crippen molar-refractivity contribution in [3.05, 3.63) is 59.0 Å². The minimum absolute atomic E-state index is 0.0623. The molecule has 2 aromatic carbocycles. The van der Waals surface area contributed by atoms with E-state index in [1.807, 2.05) is 0 Å². The summed E-state index contributed by atoms with van der Waals surface area (Å²) >= 11 is 6.24. The smallest absolute Gasteiger partial charge is 0.253 e. The number of aromatic nitrogens is 2. The third kappa shape index (κ3) is 4.86. The van der Waals surface area contributed by atoms with E-state index >= 15 is 0 Å². The lowest BCUT2D eigenvalue weighted by atomic mass is 10.1. The van der Waals surface area contributed by atoms with Crippen LogP contribution in [0.3, 0.4) is 0 Å². The van der Waals surface area contributed by atoms with Crippen LogP contribution in [0.5, 0.6) is 5.75 Å². The van der Waals surface area contributed by atoms with Crippen molar-refractivity contribution in [3.63, 3.8) is 0 Å². The Bertz CT molecular complexity index is 1260. The number of fused-ring (bicyclic) bond motifs is 1. The summed E-state index contributed by atoms with van der Waals surface area (Å²) in [5, 5.41) is 8.47. The van der Waals surface area contributed by atoms with Crippen molar-refractivity contribution < 1.29 is 18.7 Å². The van der Waals surface area contributed by atoms with Crippen molar-refractivity contribution in [2.45, 2.75) is 13.3 Å². The van der Waals surface area contributed by atoms with Crippen molar-refractivity contribution in [2.24, 2.45) is 0 Å². The normalized spacial score (nSPS) is 12.8. The summed E-state index contributed by atoms with van der Waals surface area (Å²) in [6.07, 6.45) is 2.08. The minimum atomic E-state index is -0.639. The van der Waals surface area contributed by atoms with Gasteiger partial charge in [-0.15, -0.1) is 0 Å². The number of nitrogens with zero attached hydrogens (tertiary/aromatic N) is 3. The molecule has 34 heavy (non-hydrogen) atoms. The Labute approximate surface area is 200 Å². The summed E-state index contributed by atoms with van der Waals surface area (Å²) in [5.41, 5.74) is 1.29. The Morgan fingerprint density at radius 3 is 2.79 bits per heavy atom. The van der Waals surface area contributed by atoms with Crippen molar-refractivity contribution in [1.82, 2.24) is 15.3 Å². The maximum absolute atomic E-state index is 14.5. The molecule has 176 valence electrons. The molecule has 0 saturated carbocycles. The van der Waals surface area contributed by atoms with Crippen LogP contribution in [0.4, 0.5) is 33.2 Å². The molecular weight excluding hydrogens is 463 g/mol. The van der Waals surface area contributed by atoms with Gasteiger partial charge in [0.1, 0.15) is 16.6 Å². The number of hydrogen-bond acceptors (Lipinski definition) is 7. The first-order valence-corrected chi connectivity index (χ1v) is 10.9. The highest BCUT2D eigenvalue weighted by atomic mass is 35.5. The average molecular weight is 485 g/mol. The molecule has 0 radical (unpaired) electrons. The number of para-hydroxylation sites is 1. The van der Waals surface area contributed by atoms with E-state index in [0.29, 0.717) is 30.3 Å². The Kier molecular flexibility index (Phi) is 6.78. The van der Waals surface area contributed by atoms with Crippen molar-refractivity contribution >= 4 is 52.2 Å². The predicted molar refractivity (Wildman–Crippen MR) is 128 cm³/mol. The summed E-state index contributed by atoms with van der Waals surface area (Å²) in [6.45, 7) is 2.58. The topological polar surface area (TPSA) is 108 Å². The lowest BCUT2D eigenvalue weighted by molar-refractivity contribution is -0.116.